The molecule has 8 heteroatoms. The molecule has 0 saturated heterocycles. The van der Waals surface area contributed by atoms with Crippen LogP contribution in [-0.2, 0) is 17.9 Å². The number of aliphatic imine (C=N–C) groups is 1. The van der Waals surface area contributed by atoms with Gasteiger partial charge in [0.1, 0.15) is 11.5 Å². The maximum Gasteiger partial charge on any atom is 0.217 e. The van der Waals surface area contributed by atoms with E-state index < -0.39 is 0 Å². The predicted molar refractivity (Wildman–Crippen MR) is 112 cm³/mol. The first-order valence-corrected chi connectivity index (χ1v) is 9.71. The smallest absolute Gasteiger partial charge is 0.217 e. The van der Waals surface area contributed by atoms with E-state index in [0.29, 0.717) is 41.4 Å². The van der Waals surface area contributed by atoms with Crippen LogP contribution in [0, 0.1) is 13.8 Å². The zero-order chi connectivity index (χ0) is 20.1. The summed E-state index contributed by atoms with van der Waals surface area (Å²) in [6.45, 7) is 6.47. The third-order valence-electron chi connectivity index (χ3n) is 4.22. The second-order valence-corrected chi connectivity index (χ2v) is 7.27. The molecular formula is C20H23N5O2S. The van der Waals surface area contributed by atoms with Gasteiger partial charge in [0.2, 0.25) is 5.91 Å². The monoisotopic (exact) mass is 397 g/mol. The molecule has 1 aromatic carbocycles. The number of thiazole rings is 1. The molecule has 0 aliphatic carbocycles. The average Bonchev–Trinajstić information content (AvgIpc) is 3.28. The lowest BCUT2D eigenvalue weighted by molar-refractivity contribution is -0.119. The number of amides is 1. The van der Waals surface area contributed by atoms with Gasteiger partial charge in [-0.3, -0.25) is 4.79 Å². The molecule has 0 aliphatic heterocycles. The SMILES string of the molecule is CC(=O)NCc1ccc(-c2csc(NC(N)=NCc3c(C)cccc3C)n2)o1. The number of hydrogen-bond acceptors (Lipinski definition) is 5. The first kappa shape index (κ1) is 19.6. The maximum atomic E-state index is 11.0. The molecule has 0 saturated carbocycles. The van der Waals surface area contributed by atoms with Crippen molar-refractivity contribution in [2.24, 2.45) is 10.7 Å². The molecule has 3 aromatic rings. The fraction of sp³-hybridized carbons (Fsp3) is 0.250. The molecule has 0 fully saturated rings. The Morgan fingerprint density at radius 2 is 2.00 bits per heavy atom. The predicted octanol–water partition coefficient (Wildman–Crippen LogP) is 3.58. The van der Waals surface area contributed by atoms with Crippen molar-refractivity contribution in [3.05, 3.63) is 58.2 Å². The summed E-state index contributed by atoms with van der Waals surface area (Å²) < 4.78 is 5.71. The Labute approximate surface area is 167 Å². The van der Waals surface area contributed by atoms with E-state index in [1.165, 1.54) is 35.0 Å². The standard InChI is InChI=1S/C20H23N5O2S/c1-12-5-4-6-13(2)16(12)10-23-19(21)25-20-24-17(11-28-20)18-8-7-15(27-18)9-22-14(3)26/h4-8,11H,9-10H2,1-3H3,(H,22,26)(H3,21,23,24,25). The summed E-state index contributed by atoms with van der Waals surface area (Å²) in [6.07, 6.45) is 0. The Kier molecular flexibility index (Phi) is 6.10. The molecule has 4 N–H and O–H groups in total. The molecule has 0 spiro atoms. The summed E-state index contributed by atoms with van der Waals surface area (Å²) in [6, 6.07) is 9.82. The second kappa shape index (κ2) is 8.71. The zero-order valence-electron chi connectivity index (χ0n) is 16.1. The van der Waals surface area contributed by atoms with Gasteiger partial charge >= 0.3 is 0 Å². The number of carbonyl (C=O) groups excluding carboxylic acids is 1. The lowest BCUT2D eigenvalue weighted by Gasteiger charge is -2.07. The Hall–Kier alpha value is -3.13. The van der Waals surface area contributed by atoms with Gasteiger partial charge in [-0.2, -0.15) is 0 Å². The minimum Gasteiger partial charge on any atom is -0.458 e. The topological polar surface area (TPSA) is 106 Å². The Morgan fingerprint density at radius 3 is 2.71 bits per heavy atom. The second-order valence-electron chi connectivity index (χ2n) is 6.41. The number of nitrogens with two attached hydrogens (primary N) is 1. The molecule has 7 nitrogen and oxygen atoms in total. The van der Waals surface area contributed by atoms with Crippen LogP contribution in [-0.4, -0.2) is 16.9 Å². The van der Waals surface area contributed by atoms with Crippen LogP contribution < -0.4 is 16.4 Å². The van der Waals surface area contributed by atoms with Crippen LogP contribution in [0.15, 0.2) is 45.1 Å². The van der Waals surface area contributed by atoms with Crippen molar-refractivity contribution in [2.45, 2.75) is 33.9 Å². The Bertz CT molecular complexity index is 985. The van der Waals surface area contributed by atoms with E-state index >= 15 is 0 Å². The van der Waals surface area contributed by atoms with Gasteiger partial charge in [0.15, 0.2) is 16.9 Å². The van der Waals surface area contributed by atoms with Crippen LogP contribution in [0.2, 0.25) is 0 Å². The van der Waals surface area contributed by atoms with Gasteiger partial charge in [-0.1, -0.05) is 18.2 Å². The maximum absolute atomic E-state index is 11.0. The highest BCUT2D eigenvalue weighted by Crippen LogP contribution is 2.26. The number of benzene rings is 1. The van der Waals surface area contributed by atoms with Gasteiger partial charge in [-0.05, 0) is 42.7 Å². The van der Waals surface area contributed by atoms with E-state index in [0.717, 1.165) is 0 Å². The highest BCUT2D eigenvalue weighted by molar-refractivity contribution is 7.14. The van der Waals surface area contributed by atoms with Crippen LogP contribution in [0.3, 0.4) is 0 Å². The average molecular weight is 398 g/mol. The fourth-order valence-electron chi connectivity index (χ4n) is 2.68. The van der Waals surface area contributed by atoms with Gasteiger partial charge in [0.25, 0.3) is 0 Å². The van der Waals surface area contributed by atoms with E-state index in [4.69, 9.17) is 10.2 Å². The van der Waals surface area contributed by atoms with E-state index in [-0.39, 0.29) is 5.91 Å². The van der Waals surface area contributed by atoms with Crippen molar-refractivity contribution in [1.29, 1.82) is 0 Å². The summed E-state index contributed by atoms with van der Waals surface area (Å²) in [5, 5.41) is 8.24. The van der Waals surface area contributed by atoms with Gasteiger partial charge in [0.05, 0.1) is 13.1 Å². The highest BCUT2D eigenvalue weighted by atomic mass is 32.1. The fourth-order valence-corrected chi connectivity index (χ4v) is 3.38. The molecule has 0 radical (unpaired) electrons. The number of aromatic nitrogens is 1. The van der Waals surface area contributed by atoms with Gasteiger partial charge < -0.3 is 20.8 Å². The Morgan fingerprint density at radius 1 is 1.25 bits per heavy atom. The van der Waals surface area contributed by atoms with Crippen molar-refractivity contribution in [3.8, 4) is 11.5 Å². The first-order chi connectivity index (χ1) is 13.4. The largest absolute Gasteiger partial charge is 0.458 e. The van der Waals surface area contributed by atoms with Crippen molar-refractivity contribution >= 4 is 28.3 Å². The van der Waals surface area contributed by atoms with E-state index in [2.05, 4.69) is 46.6 Å². The number of aryl methyl sites for hydroxylation is 2. The molecule has 3 rings (SSSR count). The number of furan rings is 1. The summed E-state index contributed by atoms with van der Waals surface area (Å²) in [7, 11) is 0. The summed E-state index contributed by atoms with van der Waals surface area (Å²) in [5.41, 5.74) is 10.3. The number of guanidine groups is 1. The summed E-state index contributed by atoms with van der Waals surface area (Å²) >= 11 is 1.42. The van der Waals surface area contributed by atoms with Crippen LogP contribution in [0.1, 0.15) is 29.4 Å². The zero-order valence-corrected chi connectivity index (χ0v) is 16.9. The normalized spacial score (nSPS) is 11.5. The first-order valence-electron chi connectivity index (χ1n) is 8.83. The Balaban J connectivity index is 1.63. The minimum absolute atomic E-state index is 0.103. The van der Waals surface area contributed by atoms with Crippen molar-refractivity contribution < 1.29 is 9.21 Å². The number of anilines is 1. The molecule has 0 unspecified atom stereocenters. The third-order valence-corrected chi connectivity index (χ3v) is 4.97. The van der Waals surface area contributed by atoms with Crippen LogP contribution >= 0.6 is 11.3 Å². The highest BCUT2D eigenvalue weighted by Gasteiger charge is 2.10. The number of carbonyl (C=O) groups is 1. The molecule has 0 bridgehead atoms. The van der Waals surface area contributed by atoms with Crippen LogP contribution in [0.5, 0.6) is 0 Å². The molecule has 2 heterocycles. The molecule has 2 aromatic heterocycles. The number of hydrogen-bond donors (Lipinski definition) is 3. The molecule has 1 amide bonds. The molecular weight excluding hydrogens is 374 g/mol. The van der Waals surface area contributed by atoms with Gasteiger partial charge in [-0.15, -0.1) is 11.3 Å². The van der Waals surface area contributed by atoms with Crippen molar-refractivity contribution in [1.82, 2.24) is 10.3 Å². The van der Waals surface area contributed by atoms with Gasteiger partial charge in [0, 0.05) is 12.3 Å². The lowest BCUT2D eigenvalue weighted by Crippen LogP contribution is -2.22. The van der Waals surface area contributed by atoms with E-state index in [9.17, 15) is 4.79 Å². The molecule has 0 aliphatic rings. The minimum atomic E-state index is -0.103. The molecule has 146 valence electrons. The van der Waals surface area contributed by atoms with Crippen molar-refractivity contribution in [2.75, 3.05) is 5.32 Å². The van der Waals surface area contributed by atoms with Crippen LogP contribution in [0.4, 0.5) is 5.13 Å². The molecule has 0 atom stereocenters. The number of nitrogens with one attached hydrogen (secondary N) is 2. The number of rotatable bonds is 6. The van der Waals surface area contributed by atoms with E-state index in [1.54, 1.807) is 0 Å². The van der Waals surface area contributed by atoms with Crippen LogP contribution in [0.25, 0.3) is 11.5 Å². The third kappa shape index (κ3) is 4.98. The summed E-state index contributed by atoms with van der Waals surface area (Å²) in [4.78, 5) is 19.9. The van der Waals surface area contributed by atoms with E-state index in [1.807, 2.05) is 23.6 Å². The molecule has 28 heavy (non-hydrogen) atoms. The number of nitrogens with zero attached hydrogens (tertiary/aromatic N) is 2. The van der Waals surface area contributed by atoms with Crippen molar-refractivity contribution in [3.63, 3.8) is 0 Å². The lowest BCUT2D eigenvalue weighted by atomic mass is 10.0. The van der Waals surface area contributed by atoms with Gasteiger partial charge in [-0.25, -0.2) is 9.98 Å². The summed E-state index contributed by atoms with van der Waals surface area (Å²) in [5.74, 6) is 1.51. The quantitative estimate of drug-likeness (QED) is 0.435.